The molecule has 1 fully saturated rings. The molecule has 1 aliphatic heterocycles. The summed E-state index contributed by atoms with van der Waals surface area (Å²) in [5.41, 5.74) is 3.93. The Labute approximate surface area is 200 Å². The summed E-state index contributed by atoms with van der Waals surface area (Å²) in [5.74, 6) is -0.236. The fraction of sp³-hybridized carbons (Fsp3) is 0.333. The topological polar surface area (TPSA) is 79.6 Å². The minimum atomic E-state index is -0.165. The number of aromatic nitrogens is 3. The molecule has 3 aromatic heterocycles. The van der Waals surface area contributed by atoms with E-state index in [4.69, 9.17) is 0 Å². The number of carbonyl (C=O) groups is 2. The average molecular weight is 480 g/mol. The van der Waals surface area contributed by atoms with Crippen LogP contribution in [0.15, 0.2) is 30.5 Å². The number of benzene rings is 1. The lowest BCUT2D eigenvalue weighted by Crippen LogP contribution is -2.56. The van der Waals surface area contributed by atoms with Gasteiger partial charge >= 0.3 is 0 Å². The third-order valence-electron chi connectivity index (χ3n) is 5.95. The van der Waals surface area contributed by atoms with Crippen LogP contribution in [0.1, 0.15) is 48.5 Å². The van der Waals surface area contributed by atoms with E-state index in [9.17, 15) is 9.59 Å². The molecule has 4 heterocycles. The summed E-state index contributed by atoms with van der Waals surface area (Å²) in [4.78, 5) is 40.0. The molecule has 5 rings (SSSR count). The number of hydrogen-bond donors (Lipinski definition) is 1. The van der Waals surface area contributed by atoms with Crippen molar-refractivity contribution in [3.05, 3.63) is 63.0 Å². The van der Waals surface area contributed by atoms with Crippen LogP contribution in [0.5, 0.6) is 0 Å². The zero-order chi connectivity index (χ0) is 23.3. The fourth-order valence-electron chi connectivity index (χ4n) is 4.24. The third-order valence-corrected chi connectivity index (χ3v) is 7.87. The van der Waals surface area contributed by atoms with E-state index in [-0.39, 0.29) is 17.9 Å². The second-order valence-corrected chi connectivity index (χ2v) is 10.9. The molecular formula is C24H25N5O2S2. The number of nitrogens with zero attached hydrogens (tertiary/aromatic N) is 4. The smallest absolute Gasteiger partial charge is 0.274 e. The van der Waals surface area contributed by atoms with Gasteiger partial charge in [-0.15, -0.1) is 22.7 Å². The number of thiazole rings is 2. The van der Waals surface area contributed by atoms with E-state index in [1.54, 1.807) is 22.7 Å². The van der Waals surface area contributed by atoms with Crippen LogP contribution in [-0.4, -0.2) is 50.2 Å². The Morgan fingerprint density at radius 2 is 1.97 bits per heavy atom. The van der Waals surface area contributed by atoms with Gasteiger partial charge in [-0.3, -0.25) is 14.0 Å². The summed E-state index contributed by atoms with van der Waals surface area (Å²) in [6, 6.07) is 8.10. The summed E-state index contributed by atoms with van der Waals surface area (Å²) >= 11 is 3.10. The number of fused-ring (bicyclic) bond motifs is 1. The Bertz CT molecular complexity index is 1380. The van der Waals surface area contributed by atoms with Crippen LogP contribution in [0.2, 0.25) is 0 Å². The Kier molecular flexibility index (Phi) is 5.54. The number of amides is 2. The van der Waals surface area contributed by atoms with Gasteiger partial charge in [-0.2, -0.15) is 0 Å². The van der Waals surface area contributed by atoms with Crippen molar-refractivity contribution in [2.45, 2.75) is 40.2 Å². The molecule has 2 amide bonds. The van der Waals surface area contributed by atoms with Gasteiger partial charge in [-0.05, 0) is 39.7 Å². The molecule has 0 bridgehead atoms. The quantitative estimate of drug-likeness (QED) is 0.460. The molecule has 4 aromatic rings. The first-order chi connectivity index (χ1) is 15.8. The standard InChI is InChI=1S/C24H25N5O2S2/c1-13-6-5-7-17(10-13)21-19(27-16(4)33-21)23(31)28-9-8-18(28)11-25-22(30)20-15(3)26-24-29(20)12-14(2)32-24/h5-7,10,12,18H,8-9,11H2,1-4H3,(H,25,30). The highest BCUT2D eigenvalue weighted by atomic mass is 32.1. The van der Waals surface area contributed by atoms with Gasteiger partial charge in [0, 0.05) is 24.2 Å². The van der Waals surface area contributed by atoms with E-state index in [1.807, 2.05) is 61.4 Å². The van der Waals surface area contributed by atoms with Gasteiger partial charge in [0.05, 0.1) is 21.6 Å². The number of rotatable bonds is 5. The lowest BCUT2D eigenvalue weighted by atomic mass is 10.0. The van der Waals surface area contributed by atoms with Crippen LogP contribution in [0.3, 0.4) is 0 Å². The first kappa shape index (κ1) is 21.8. The SMILES string of the molecule is Cc1cccc(-c2sc(C)nc2C(=O)N2CCC2CNC(=O)c2c(C)nc3sc(C)cn23)c1. The lowest BCUT2D eigenvalue weighted by Gasteiger charge is -2.40. The molecule has 0 aliphatic carbocycles. The second kappa shape index (κ2) is 8.39. The molecule has 33 heavy (non-hydrogen) atoms. The Balaban J connectivity index is 1.31. The van der Waals surface area contributed by atoms with E-state index in [0.29, 0.717) is 30.2 Å². The van der Waals surface area contributed by atoms with Crippen molar-refractivity contribution in [2.24, 2.45) is 0 Å². The summed E-state index contributed by atoms with van der Waals surface area (Å²) in [7, 11) is 0. The van der Waals surface area contributed by atoms with E-state index < -0.39 is 0 Å². The first-order valence-corrected chi connectivity index (χ1v) is 12.5. The summed E-state index contributed by atoms with van der Waals surface area (Å²) in [5, 5.41) is 3.88. The Morgan fingerprint density at radius 1 is 1.15 bits per heavy atom. The van der Waals surface area contributed by atoms with Crippen LogP contribution in [0, 0.1) is 27.7 Å². The van der Waals surface area contributed by atoms with Crippen molar-refractivity contribution in [3.63, 3.8) is 0 Å². The van der Waals surface area contributed by atoms with Gasteiger partial charge in [-0.25, -0.2) is 9.97 Å². The van der Waals surface area contributed by atoms with Crippen molar-refractivity contribution in [2.75, 3.05) is 13.1 Å². The molecule has 9 heteroatoms. The molecule has 1 unspecified atom stereocenters. The molecule has 0 spiro atoms. The number of aryl methyl sites for hydroxylation is 4. The maximum atomic E-state index is 13.4. The lowest BCUT2D eigenvalue weighted by molar-refractivity contribution is 0.0451. The molecular weight excluding hydrogens is 454 g/mol. The normalized spacial score (nSPS) is 15.6. The van der Waals surface area contributed by atoms with Crippen molar-refractivity contribution in [1.82, 2.24) is 24.6 Å². The monoisotopic (exact) mass is 479 g/mol. The molecule has 7 nitrogen and oxygen atoms in total. The maximum Gasteiger partial charge on any atom is 0.274 e. The number of likely N-dealkylation sites (tertiary alicyclic amines) is 1. The molecule has 1 N–H and O–H groups in total. The highest BCUT2D eigenvalue weighted by Gasteiger charge is 2.35. The van der Waals surface area contributed by atoms with Gasteiger partial charge in [-0.1, -0.05) is 29.8 Å². The number of nitrogens with one attached hydrogen (secondary N) is 1. The second-order valence-electron chi connectivity index (χ2n) is 8.47. The maximum absolute atomic E-state index is 13.4. The largest absolute Gasteiger partial charge is 0.349 e. The van der Waals surface area contributed by atoms with Gasteiger partial charge < -0.3 is 10.2 Å². The zero-order valence-electron chi connectivity index (χ0n) is 19.0. The minimum Gasteiger partial charge on any atom is -0.349 e. The van der Waals surface area contributed by atoms with Crippen LogP contribution in [-0.2, 0) is 0 Å². The van der Waals surface area contributed by atoms with Gasteiger partial charge in [0.25, 0.3) is 11.8 Å². The predicted octanol–water partition coefficient (Wildman–Crippen LogP) is 4.40. The highest BCUT2D eigenvalue weighted by Crippen LogP contribution is 2.33. The minimum absolute atomic E-state index is 0.0401. The van der Waals surface area contributed by atoms with E-state index >= 15 is 0 Å². The zero-order valence-corrected chi connectivity index (χ0v) is 20.6. The van der Waals surface area contributed by atoms with E-state index in [0.717, 1.165) is 37.3 Å². The van der Waals surface area contributed by atoms with Crippen LogP contribution in [0.4, 0.5) is 0 Å². The Morgan fingerprint density at radius 3 is 2.70 bits per heavy atom. The van der Waals surface area contributed by atoms with Crippen molar-refractivity contribution in [1.29, 1.82) is 0 Å². The van der Waals surface area contributed by atoms with Crippen LogP contribution < -0.4 is 5.32 Å². The molecule has 0 saturated carbocycles. The average Bonchev–Trinajstić information content (AvgIpc) is 3.38. The van der Waals surface area contributed by atoms with Crippen molar-refractivity contribution in [3.8, 4) is 10.4 Å². The number of imidazole rings is 1. The molecule has 1 atom stereocenters. The fourth-order valence-corrected chi connectivity index (χ4v) is 6.02. The van der Waals surface area contributed by atoms with E-state index in [1.165, 1.54) is 0 Å². The van der Waals surface area contributed by atoms with Gasteiger partial charge in [0.1, 0.15) is 11.4 Å². The summed E-state index contributed by atoms with van der Waals surface area (Å²) < 4.78 is 1.85. The molecule has 170 valence electrons. The van der Waals surface area contributed by atoms with Crippen molar-refractivity contribution >= 4 is 39.4 Å². The van der Waals surface area contributed by atoms with Crippen LogP contribution >= 0.6 is 22.7 Å². The van der Waals surface area contributed by atoms with Gasteiger partial charge in [0.2, 0.25) is 0 Å². The molecule has 0 radical (unpaired) electrons. The summed E-state index contributed by atoms with van der Waals surface area (Å²) in [6.45, 7) is 8.89. The predicted molar refractivity (Wildman–Crippen MR) is 131 cm³/mol. The third kappa shape index (κ3) is 3.95. The van der Waals surface area contributed by atoms with Gasteiger partial charge in [0.15, 0.2) is 4.96 Å². The number of carbonyl (C=O) groups excluding carboxylic acids is 2. The molecule has 1 saturated heterocycles. The van der Waals surface area contributed by atoms with Crippen molar-refractivity contribution < 1.29 is 9.59 Å². The molecule has 1 aliphatic rings. The Hall–Kier alpha value is -3.04. The van der Waals surface area contributed by atoms with Crippen LogP contribution in [0.25, 0.3) is 15.4 Å². The molecule has 1 aromatic carbocycles. The number of hydrogen-bond acceptors (Lipinski definition) is 6. The highest BCUT2D eigenvalue weighted by molar-refractivity contribution is 7.17. The van der Waals surface area contributed by atoms with E-state index in [2.05, 4.69) is 21.4 Å². The summed E-state index contributed by atoms with van der Waals surface area (Å²) in [6.07, 6.45) is 2.79. The first-order valence-electron chi connectivity index (χ1n) is 10.9.